The van der Waals surface area contributed by atoms with Crippen LogP contribution in [0.3, 0.4) is 0 Å². The zero-order valence-corrected chi connectivity index (χ0v) is 15.5. The van der Waals surface area contributed by atoms with Crippen molar-refractivity contribution in [2.75, 3.05) is 5.73 Å². The van der Waals surface area contributed by atoms with Crippen LogP contribution in [-0.2, 0) is 6.54 Å². The average molecular weight is 369 g/mol. The Hall–Kier alpha value is -3.79. The summed E-state index contributed by atoms with van der Waals surface area (Å²) in [6.45, 7) is 2.73. The van der Waals surface area contributed by atoms with Gasteiger partial charge in [-0.1, -0.05) is 23.8 Å². The molecule has 0 saturated carbocycles. The molecule has 0 aliphatic carbocycles. The Balaban J connectivity index is 1.75. The van der Waals surface area contributed by atoms with E-state index in [1.807, 2.05) is 42.1 Å². The largest absolute Gasteiger partial charge is 0.382 e. The molecular formula is C21H19N7. The highest BCUT2D eigenvalue weighted by atomic mass is 15.3. The van der Waals surface area contributed by atoms with Gasteiger partial charge in [-0.2, -0.15) is 10.4 Å². The smallest absolute Gasteiger partial charge is 0.159 e. The minimum atomic E-state index is 0.372. The van der Waals surface area contributed by atoms with E-state index < -0.39 is 0 Å². The number of hydrogen-bond acceptors (Lipinski definition) is 6. The first-order chi connectivity index (χ1) is 13.7. The van der Waals surface area contributed by atoms with E-state index in [4.69, 9.17) is 11.0 Å². The fourth-order valence-electron chi connectivity index (χ4n) is 3.14. The Bertz CT molecular complexity index is 1190. The molecule has 0 atom stereocenters. The number of nitriles is 1. The molecule has 0 spiro atoms. The first kappa shape index (κ1) is 17.6. The van der Waals surface area contributed by atoms with E-state index in [9.17, 15) is 0 Å². The van der Waals surface area contributed by atoms with Crippen LogP contribution in [0.2, 0.25) is 0 Å². The molecule has 2 N–H and O–H groups in total. The van der Waals surface area contributed by atoms with Crippen LogP contribution in [0.5, 0.6) is 0 Å². The van der Waals surface area contributed by atoms with Crippen molar-refractivity contribution in [3.05, 3.63) is 54.6 Å². The normalized spacial score (nSPS) is 10.9. The lowest BCUT2D eigenvalue weighted by Gasteiger charge is -2.08. The van der Waals surface area contributed by atoms with Crippen molar-refractivity contribution in [2.45, 2.75) is 26.3 Å². The van der Waals surface area contributed by atoms with Gasteiger partial charge in [0.05, 0.1) is 12.3 Å². The number of hydrogen-bond donors (Lipinski definition) is 1. The van der Waals surface area contributed by atoms with Crippen LogP contribution in [0.25, 0.3) is 33.4 Å². The van der Waals surface area contributed by atoms with E-state index in [1.165, 1.54) is 0 Å². The highest BCUT2D eigenvalue weighted by molar-refractivity contribution is 5.98. The molecule has 28 heavy (non-hydrogen) atoms. The molecule has 1 aromatic carbocycles. The van der Waals surface area contributed by atoms with Crippen molar-refractivity contribution >= 4 is 16.7 Å². The van der Waals surface area contributed by atoms with Gasteiger partial charge in [-0.25, -0.2) is 15.0 Å². The molecule has 138 valence electrons. The molecule has 3 heterocycles. The van der Waals surface area contributed by atoms with Gasteiger partial charge in [0, 0.05) is 53.6 Å². The molecule has 0 radical (unpaired) electrons. The molecule has 4 aromatic rings. The molecule has 0 amide bonds. The van der Waals surface area contributed by atoms with Crippen LogP contribution in [0.1, 0.15) is 18.4 Å². The summed E-state index contributed by atoms with van der Waals surface area (Å²) in [4.78, 5) is 13.6. The average Bonchev–Trinajstić information content (AvgIpc) is 3.17. The second-order valence-corrected chi connectivity index (χ2v) is 6.64. The zero-order valence-electron chi connectivity index (χ0n) is 15.5. The molecule has 7 heteroatoms. The molecular weight excluding hydrogens is 350 g/mol. The Morgan fingerprint density at radius 2 is 2.04 bits per heavy atom. The van der Waals surface area contributed by atoms with Crippen LogP contribution < -0.4 is 5.73 Å². The number of aryl methyl sites for hydroxylation is 2. The number of aromatic nitrogens is 5. The van der Waals surface area contributed by atoms with Crippen LogP contribution in [-0.4, -0.2) is 24.7 Å². The molecule has 0 fully saturated rings. The maximum Gasteiger partial charge on any atom is 0.159 e. The predicted molar refractivity (Wildman–Crippen MR) is 108 cm³/mol. The van der Waals surface area contributed by atoms with Gasteiger partial charge in [0.15, 0.2) is 5.82 Å². The minimum absolute atomic E-state index is 0.372. The van der Waals surface area contributed by atoms with E-state index >= 15 is 0 Å². The fourth-order valence-corrected chi connectivity index (χ4v) is 3.14. The van der Waals surface area contributed by atoms with Crippen LogP contribution in [0, 0.1) is 18.3 Å². The summed E-state index contributed by atoms with van der Waals surface area (Å²) in [7, 11) is 0. The topological polar surface area (TPSA) is 106 Å². The summed E-state index contributed by atoms with van der Waals surface area (Å²) in [5.74, 6) is 0.991. The number of nitrogens with zero attached hydrogens (tertiary/aromatic N) is 6. The molecule has 4 rings (SSSR count). The molecule has 0 aliphatic heterocycles. The molecule has 3 aromatic heterocycles. The molecule has 0 bridgehead atoms. The number of benzene rings is 1. The number of fused-ring (bicyclic) bond motifs is 1. The molecule has 0 aliphatic rings. The molecule has 7 nitrogen and oxygen atoms in total. The Morgan fingerprint density at radius 1 is 1.14 bits per heavy atom. The van der Waals surface area contributed by atoms with Gasteiger partial charge in [0.2, 0.25) is 0 Å². The molecule has 0 unspecified atom stereocenters. The standard InChI is InChI=1S/C21H19N7/c1-14-5-4-6-15(9-14)21-25-12-18-17(11-24-20(23)19(18)27-21)16-10-26-28(13-16)8-3-2-7-22/h4-6,9-13H,2-3,8H2,1H3,(H2,23,24). The second-order valence-electron chi connectivity index (χ2n) is 6.64. The SMILES string of the molecule is Cc1cccc(-c2ncc3c(-c4cnn(CCCC#N)c4)cnc(N)c3n2)c1. The number of nitrogen functional groups attached to an aromatic ring is 1. The summed E-state index contributed by atoms with van der Waals surface area (Å²) in [5, 5.41) is 13.9. The van der Waals surface area contributed by atoms with E-state index in [0.29, 0.717) is 30.1 Å². The molecule has 0 saturated heterocycles. The van der Waals surface area contributed by atoms with E-state index in [2.05, 4.69) is 26.1 Å². The Labute approximate surface area is 162 Å². The van der Waals surface area contributed by atoms with Gasteiger partial charge in [-0.15, -0.1) is 0 Å². The van der Waals surface area contributed by atoms with Crippen LogP contribution >= 0.6 is 0 Å². The van der Waals surface area contributed by atoms with Crippen molar-refractivity contribution in [3.8, 4) is 28.6 Å². The highest BCUT2D eigenvalue weighted by Crippen LogP contribution is 2.30. The Morgan fingerprint density at radius 3 is 2.86 bits per heavy atom. The third kappa shape index (κ3) is 3.40. The number of anilines is 1. The van der Waals surface area contributed by atoms with Crippen molar-refractivity contribution in [1.82, 2.24) is 24.7 Å². The number of unbranched alkanes of at least 4 members (excludes halogenated alkanes) is 1. The van der Waals surface area contributed by atoms with E-state index in [0.717, 1.165) is 34.1 Å². The predicted octanol–water partition coefficient (Wildman–Crippen LogP) is 3.75. The van der Waals surface area contributed by atoms with Gasteiger partial charge in [0.25, 0.3) is 0 Å². The minimum Gasteiger partial charge on any atom is -0.382 e. The third-order valence-electron chi connectivity index (χ3n) is 4.55. The van der Waals surface area contributed by atoms with Crippen LogP contribution in [0.4, 0.5) is 5.82 Å². The van der Waals surface area contributed by atoms with Crippen molar-refractivity contribution < 1.29 is 0 Å². The highest BCUT2D eigenvalue weighted by Gasteiger charge is 2.13. The fraction of sp³-hybridized carbons (Fsp3) is 0.190. The summed E-state index contributed by atoms with van der Waals surface area (Å²) < 4.78 is 1.83. The van der Waals surface area contributed by atoms with Crippen LogP contribution in [0.15, 0.2) is 49.1 Å². The monoisotopic (exact) mass is 369 g/mol. The van der Waals surface area contributed by atoms with Crippen molar-refractivity contribution in [2.24, 2.45) is 0 Å². The van der Waals surface area contributed by atoms with Crippen molar-refractivity contribution in [3.63, 3.8) is 0 Å². The Kier molecular flexibility index (Phi) is 4.68. The maximum atomic E-state index is 8.68. The summed E-state index contributed by atoms with van der Waals surface area (Å²) in [6.07, 6.45) is 8.52. The lowest BCUT2D eigenvalue weighted by molar-refractivity contribution is 0.586. The van der Waals surface area contributed by atoms with Gasteiger partial charge in [-0.05, 0) is 19.4 Å². The second kappa shape index (κ2) is 7.45. The summed E-state index contributed by atoms with van der Waals surface area (Å²) in [5.41, 5.74) is 10.6. The first-order valence-electron chi connectivity index (χ1n) is 9.04. The first-order valence-corrected chi connectivity index (χ1v) is 9.04. The quantitative estimate of drug-likeness (QED) is 0.537. The zero-order chi connectivity index (χ0) is 19.5. The summed E-state index contributed by atoms with van der Waals surface area (Å²) >= 11 is 0. The van der Waals surface area contributed by atoms with Gasteiger partial charge in [0.1, 0.15) is 11.3 Å². The third-order valence-corrected chi connectivity index (χ3v) is 4.55. The number of pyridine rings is 1. The lowest BCUT2D eigenvalue weighted by atomic mass is 10.1. The summed E-state index contributed by atoms with van der Waals surface area (Å²) in [6, 6.07) is 10.2. The number of rotatable bonds is 5. The van der Waals surface area contributed by atoms with Gasteiger partial charge >= 0.3 is 0 Å². The van der Waals surface area contributed by atoms with Gasteiger partial charge in [-0.3, -0.25) is 4.68 Å². The maximum absolute atomic E-state index is 8.68. The lowest BCUT2D eigenvalue weighted by Crippen LogP contribution is -1.99. The van der Waals surface area contributed by atoms with E-state index in [-0.39, 0.29) is 0 Å². The van der Waals surface area contributed by atoms with Gasteiger partial charge < -0.3 is 5.73 Å². The number of nitrogens with two attached hydrogens (primary N) is 1. The van der Waals surface area contributed by atoms with E-state index in [1.54, 1.807) is 18.6 Å². The van der Waals surface area contributed by atoms with Crippen molar-refractivity contribution in [1.29, 1.82) is 5.26 Å².